The molecule has 1 atom stereocenters. The van der Waals surface area contributed by atoms with Gasteiger partial charge in [0.25, 0.3) is 0 Å². The van der Waals surface area contributed by atoms with Crippen LogP contribution in [0.2, 0.25) is 0 Å². The van der Waals surface area contributed by atoms with Crippen molar-refractivity contribution < 1.29 is 9.59 Å². The van der Waals surface area contributed by atoms with E-state index in [0.29, 0.717) is 5.92 Å². The minimum absolute atomic E-state index is 0.00319. The Kier molecular flexibility index (Phi) is 3.46. The number of amides is 1. The average Bonchev–Trinajstić information content (AvgIpc) is 2.50. The Hall–Kier alpha value is -0.860. The maximum absolute atomic E-state index is 11.4. The van der Waals surface area contributed by atoms with Crippen LogP contribution in [0.4, 0.5) is 0 Å². The molecule has 3 heteroatoms. The molecule has 0 aromatic rings. The molecule has 74 valence electrons. The molecular weight excluding hydrogens is 166 g/mol. The van der Waals surface area contributed by atoms with Crippen molar-refractivity contribution in [3.63, 3.8) is 0 Å². The maximum Gasteiger partial charge on any atom is 0.230 e. The second-order valence-corrected chi connectivity index (χ2v) is 3.78. The topological polar surface area (TPSA) is 37.4 Å². The zero-order valence-electron chi connectivity index (χ0n) is 8.38. The third-order valence-electron chi connectivity index (χ3n) is 2.62. The van der Waals surface area contributed by atoms with Crippen LogP contribution in [0.3, 0.4) is 0 Å². The molecule has 3 nitrogen and oxygen atoms in total. The van der Waals surface area contributed by atoms with E-state index < -0.39 is 0 Å². The van der Waals surface area contributed by atoms with Crippen molar-refractivity contribution in [2.45, 2.75) is 33.1 Å². The number of hydrogen-bond donors (Lipinski definition) is 0. The Balaban J connectivity index is 2.37. The minimum Gasteiger partial charge on any atom is -0.342 e. The molecule has 1 heterocycles. The van der Waals surface area contributed by atoms with Crippen LogP contribution in [0.5, 0.6) is 0 Å². The lowest BCUT2D eigenvalue weighted by Gasteiger charge is -2.14. The van der Waals surface area contributed by atoms with Gasteiger partial charge in [0.2, 0.25) is 5.91 Å². The SMILES string of the molecule is CCC1CCN(C(=O)CC(C)=O)C1. The zero-order chi connectivity index (χ0) is 9.84. The number of hydrogen-bond acceptors (Lipinski definition) is 2. The summed E-state index contributed by atoms with van der Waals surface area (Å²) in [6.45, 7) is 5.29. The molecule has 0 spiro atoms. The van der Waals surface area contributed by atoms with E-state index in [1.807, 2.05) is 4.90 Å². The van der Waals surface area contributed by atoms with Gasteiger partial charge in [0.1, 0.15) is 5.78 Å². The number of carbonyl (C=O) groups is 2. The highest BCUT2D eigenvalue weighted by molar-refractivity contribution is 5.96. The second-order valence-electron chi connectivity index (χ2n) is 3.78. The number of carbonyl (C=O) groups excluding carboxylic acids is 2. The highest BCUT2D eigenvalue weighted by Gasteiger charge is 2.25. The molecule has 1 fully saturated rings. The van der Waals surface area contributed by atoms with Gasteiger partial charge in [-0.25, -0.2) is 0 Å². The molecule has 0 saturated carbocycles. The number of nitrogens with zero attached hydrogens (tertiary/aromatic N) is 1. The third-order valence-corrected chi connectivity index (χ3v) is 2.62. The predicted molar refractivity (Wildman–Crippen MR) is 50.3 cm³/mol. The number of rotatable bonds is 3. The fourth-order valence-electron chi connectivity index (χ4n) is 1.72. The van der Waals surface area contributed by atoms with Gasteiger partial charge in [-0.3, -0.25) is 9.59 Å². The fraction of sp³-hybridized carbons (Fsp3) is 0.800. The third kappa shape index (κ3) is 2.83. The first-order valence-electron chi connectivity index (χ1n) is 4.90. The van der Waals surface area contributed by atoms with Gasteiger partial charge < -0.3 is 4.90 Å². The van der Waals surface area contributed by atoms with Crippen LogP contribution >= 0.6 is 0 Å². The Morgan fingerprint density at radius 3 is 2.62 bits per heavy atom. The van der Waals surface area contributed by atoms with Crippen molar-refractivity contribution in [2.24, 2.45) is 5.92 Å². The van der Waals surface area contributed by atoms with E-state index in [1.54, 1.807) is 0 Å². The minimum atomic E-state index is -0.0371. The zero-order valence-corrected chi connectivity index (χ0v) is 8.38. The molecule has 1 saturated heterocycles. The molecule has 0 radical (unpaired) electrons. The van der Waals surface area contributed by atoms with Crippen molar-refractivity contribution in [3.05, 3.63) is 0 Å². The number of ketones is 1. The molecule has 0 N–H and O–H groups in total. The van der Waals surface area contributed by atoms with Gasteiger partial charge in [-0.05, 0) is 19.3 Å². The van der Waals surface area contributed by atoms with Crippen molar-refractivity contribution in [2.75, 3.05) is 13.1 Å². The number of likely N-dealkylation sites (tertiary alicyclic amines) is 1. The molecular formula is C10H17NO2. The summed E-state index contributed by atoms with van der Waals surface area (Å²) in [4.78, 5) is 24.0. The van der Waals surface area contributed by atoms with E-state index in [9.17, 15) is 9.59 Å². The Labute approximate surface area is 79.1 Å². The maximum atomic E-state index is 11.4. The van der Waals surface area contributed by atoms with Gasteiger partial charge in [-0.15, -0.1) is 0 Å². The average molecular weight is 183 g/mol. The Morgan fingerprint density at radius 2 is 2.15 bits per heavy atom. The largest absolute Gasteiger partial charge is 0.342 e. The first-order chi connectivity index (χ1) is 6.13. The normalized spacial score (nSPS) is 22.0. The smallest absolute Gasteiger partial charge is 0.230 e. The lowest BCUT2D eigenvalue weighted by atomic mass is 10.1. The molecule has 1 aliphatic heterocycles. The summed E-state index contributed by atoms with van der Waals surface area (Å²) in [5, 5.41) is 0. The van der Waals surface area contributed by atoms with Crippen LogP contribution in [-0.2, 0) is 9.59 Å². The number of Topliss-reactive ketones (excluding diaryl/α,β-unsaturated/α-hetero) is 1. The van der Waals surface area contributed by atoms with Crippen molar-refractivity contribution >= 4 is 11.7 Å². The fourth-order valence-corrected chi connectivity index (χ4v) is 1.72. The molecule has 13 heavy (non-hydrogen) atoms. The summed E-state index contributed by atoms with van der Waals surface area (Å²) >= 11 is 0. The molecule has 0 bridgehead atoms. The molecule has 1 amide bonds. The highest BCUT2D eigenvalue weighted by atomic mass is 16.2. The van der Waals surface area contributed by atoms with Crippen LogP contribution in [0.25, 0.3) is 0 Å². The summed E-state index contributed by atoms with van der Waals surface area (Å²) in [6.07, 6.45) is 2.31. The first-order valence-corrected chi connectivity index (χ1v) is 4.90. The standard InChI is InChI=1S/C10H17NO2/c1-3-9-4-5-11(7-9)10(13)6-8(2)12/h9H,3-7H2,1-2H3. The molecule has 0 aliphatic carbocycles. The van der Waals surface area contributed by atoms with Crippen LogP contribution in [-0.4, -0.2) is 29.7 Å². The summed E-state index contributed by atoms with van der Waals surface area (Å²) in [7, 11) is 0. The molecule has 1 unspecified atom stereocenters. The first kappa shape index (κ1) is 10.2. The molecule has 1 rings (SSSR count). The van der Waals surface area contributed by atoms with Gasteiger partial charge in [-0.2, -0.15) is 0 Å². The van der Waals surface area contributed by atoms with Gasteiger partial charge in [0, 0.05) is 13.1 Å². The second kappa shape index (κ2) is 4.40. The van der Waals surface area contributed by atoms with Crippen LogP contribution in [0.1, 0.15) is 33.1 Å². The van der Waals surface area contributed by atoms with E-state index >= 15 is 0 Å². The van der Waals surface area contributed by atoms with Crippen LogP contribution in [0, 0.1) is 5.92 Å². The quantitative estimate of drug-likeness (QED) is 0.617. The van der Waals surface area contributed by atoms with Crippen LogP contribution < -0.4 is 0 Å². The summed E-state index contributed by atoms with van der Waals surface area (Å²) in [5.41, 5.74) is 0. The van der Waals surface area contributed by atoms with E-state index in [-0.39, 0.29) is 18.1 Å². The van der Waals surface area contributed by atoms with E-state index in [2.05, 4.69) is 6.92 Å². The van der Waals surface area contributed by atoms with Crippen molar-refractivity contribution in [1.29, 1.82) is 0 Å². The summed E-state index contributed by atoms with van der Waals surface area (Å²) < 4.78 is 0. The highest BCUT2D eigenvalue weighted by Crippen LogP contribution is 2.19. The Bertz CT molecular complexity index is 213. The van der Waals surface area contributed by atoms with Gasteiger partial charge in [-0.1, -0.05) is 13.3 Å². The van der Waals surface area contributed by atoms with Crippen LogP contribution in [0.15, 0.2) is 0 Å². The summed E-state index contributed by atoms with van der Waals surface area (Å²) in [5.74, 6) is 0.615. The predicted octanol–water partition coefficient (Wildman–Crippen LogP) is 1.22. The molecule has 0 aromatic carbocycles. The monoisotopic (exact) mass is 183 g/mol. The lowest BCUT2D eigenvalue weighted by molar-refractivity contribution is -0.134. The van der Waals surface area contributed by atoms with E-state index in [0.717, 1.165) is 25.9 Å². The Morgan fingerprint density at radius 1 is 1.46 bits per heavy atom. The van der Waals surface area contributed by atoms with Gasteiger partial charge >= 0.3 is 0 Å². The lowest BCUT2D eigenvalue weighted by Crippen LogP contribution is -2.29. The van der Waals surface area contributed by atoms with Gasteiger partial charge in [0.15, 0.2) is 0 Å². The van der Waals surface area contributed by atoms with E-state index in [1.165, 1.54) is 6.92 Å². The summed E-state index contributed by atoms with van der Waals surface area (Å²) in [6, 6.07) is 0. The van der Waals surface area contributed by atoms with E-state index in [4.69, 9.17) is 0 Å². The molecule has 0 aromatic heterocycles. The van der Waals surface area contributed by atoms with Crippen molar-refractivity contribution in [1.82, 2.24) is 4.90 Å². The molecule has 1 aliphatic rings. The van der Waals surface area contributed by atoms with Gasteiger partial charge in [0.05, 0.1) is 6.42 Å². The van der Waals surface area contributed by atoms with Crippen molar-refractivity contribution in [3.8, 4) is 0 Å².